The van der Waals surface area contributed by atoms with Crippen molar-refractivity contribution >= 4 is 21.5 Å². The molecule has 296 valence electrons. The second-order valence-corrected chi connectivity index (χ2v) is 18.4. The zero-order valence-electron chi connectivity index (χ0n) is 37.2. The van der Waals surface area contributed by atoms with E-state index in [1.54, 1.807) is 0 Å². The summed E-state index contributed by atoms with van der Waals surface area (Å²) in [6.07, 6.45) is 2.15. The Balaban J connectivity index is 0.000000928. The average molecular weight is 769 g/mol. The Bertz CT molecular complexity index is 2850. The van der Waals surface area contributed by atoms with Gasteiger partial charge in [0.1, 0.15) is 0 Å². The molecule has 10 rings (SSSR count). The zero-order valence-corrected chi connectivity index (χ0v) is 37.2. The minimum absolute atomic E-state index is 0.0140. The van der Waals surface area contributed by atoms with Crippen molar-refractivity contribution in [2.45, 2.75) is 99.8 Å². The van der Waals surface area contributed by atoms with Gasteiger partial charge in [0.05, 0.1) is 0 Å². The van der Waals surface area contributed by atoms with Crippen molar-refractivity contribution in [1.82, 2.24) is 0 Å². The van der Waals surface area contributed by atoms with E-state index >= 15 is 0 Å². The van der Waals surface area contributed by atoms with Gasteiger partial charge in [0, 0.05) is 0 Å². The van der Waals surface area contributed by atoms with Gasteiger partial charge in [0.25, 0.3) is 0 Å². The second-order valence-electron chi connectivity index (χ2n) is 18.4. The molecule has 0 nitrogen and oxygen atoms in total. The highest BCUT2D eigenvalue weighted by Crippen LogP contribution is 2.57. The molecule has 2 aliphatic carbocycles. The molecule has 0 bridgehead atoms. The molecule has 0 aliphatic heterocycles. The maximum Gasteiger partial charge on any atom is -0.000398 e. The number of benzene rings is 8. The third kappa shape index (κ3) is 6.62. The van der Waals surface area contributed by atoms with Crippen molar-refractivity contribution in [2.75, 3.05) is 0 Å². The fourth-order valence-corrected chi connectivity index (χ4v) is 9.78. The molecule has 8 aromatic carbocycles. The van der Waals surface area contributed by atoms with Crippen molar-refractivity contribution in [1.29, 1.82) is 0 Å². The van der Waals surface area contributed by atoms with E-state index in [1.807, 2.05) is 13.8 Å². The highest BCUT2D eigenvalue weighted by Gasteiger charge is 2.34. The summed E-state index contributed by atoms with van der Waals surface area (Å²) in [5.74, 6) is 0. The largest absolute Gasteiger partial charge is 0.0683 e. The molecule has 0 atom stereocenters. The molecule has 0 heterocycles. The SMILES string of the molecule is CC.CCC.Cc1c(-c2cc(C(C)(C)C)ccc2C(C)(C)C)ccc2c1Cc1c-2c(-c2ccccc2)c2cc3c4c(cccc4c2c1-c1ccccc1)-c1ccccc1-3. The Labute approximate surface area is 354 Å². The molecular weight excluding hydrogens is 709 g/mol. The predicted molar refractivity (Wildman–Crippen MR) is 260 cm³/mol. The molecule has 0 unspecified atom stereocenters. The van der Waals surface area contributed by atoms with Crippen molar-refractivity contribution in [3.63, 3.8) is 0 Å². The molecule has 0 spiro atoms. The normalized spacial score (nSPS) is 12.3. The molecule has 0 saturated carbocycles. The Kier molecular flexibility index (Phi) is 10.5. The minimum Gasteiger partial charge on any atom is -0.0683 e. The maximum atomic E-state index is 2.54. The first kappa shape index (κ1) is 40.1. The van der Waals surface area contributed by atoms with Crippen molar-refractivity contribution < 1.29 is 0 Å². The Hall–Kier alpha value is -5.72. The molecule has 0 aromatic heterocycles. The van der Waals surface area contributed by atoms with Crippen molar-refractivity contribution in [3.05, 3.63) is 167 Å². The molecule has 2 aliphatic rings. The van der Waals surface area contributed by atoms with Gasteiger partial charge in [-0.15, -0.1) is 0 Å². The van der Waals surface area contributed by atoms with Crippen molar-refractivity contribution in [3.8, 4) is 66.8 Å². The van der Waals surface area contributed by atoms with Crippen LogP contribution in [0.25, 0.3) is 88.3 Å². The summed E-state index contributed by atoms with van der Waals surface area (Å²) in [7, 11) is 0. The fraction of sp³-hybridized carbons (Fsp3) is 0.254. The summed E-state index contributed by atoms with van der Waals surface area (Å²) < 4.78 is 0. The van der Waals surface area contributed by atoms with Gasteiger partial charge in [0.2, 0.25) is 0 Å². The summed E-state index contributed by atoms with van der Waals surface area (Å²) in [5, 5.41) is 5.42. The highest BCUT2D eigenvalue weighted by molar-refractivity contribution is 6.30. The molecule has 0 N–H and O–H groups in total. The van der Waals surface area contributed by atoms with Crippen molar-refractivity contribution in [2.24, 2.45) is 0 Å². The first-order valence-corrected chi connectivity index (χ1v) is 22.0. The predicted octanol–water partition coefficient (Wildman–Crippen LogP) is 17.6. The molecule has 0 radical (unpaired) electrons. The number of fused-ring (bicyclic) bond motifs is 8. The van der Waals surface area contributed by atoms with Crippen LogP contribution >= 0.6 is 0 Å². The van der Waals surface area contributed by atoms with E-state index in [0.717, 1.165) is 6.42 Å². The van der Waals surface area contributed by atoms with Crippen LogP contribution in [0.4, 0.5) is 0 Å². The first-order valence-electron chi connectivity index (χ1n) is 22.0. The van der Waals surface area contributed by atoms with Crippen LogP contribution in [-0.4, -0.2) is 0 Å². The summed E-state index contributed by atoms with van der Waals surface area (Å²) in [6, 6.07) is 53.0. The van der Waals surface area contributed by atoms with Crippen LogP contribution in [0.5, 0.6) is 0 Å². The minimum atomic E-state index is 0.0140. The molecule has 0 heteroatoms. The van der Waals surface area contributed by atoms with Gasteiger partial charge in [-0.3, -0.25) is 0 Å². The lowest BCUT2D eigenvalue weighted by molar-refractivity contribution is 0.578. The van der Waals surface area contributed by atoms with E-state index in [4.69, 9.17) is 0 Å². The van der Waals surface area contributed by atoms with E-state index in [2.05, 4.69) is 202 Å². The Morgan fingerprint density at radius 3 is 1.59 bits per heavy atom. The lowest BCUT2D eigenvalue weighted by Crippen LogP contribution is -2.16. The standard InChI is InChI=1S/C54H46.C3H8.C2H6/c1-32-36(43-29-35(53(2,3)4)25-28-47(43)54(5,6)7)26-27-40-42(32)30-45-49(34-19-12-9-13-20-34)52-41-24-16-23-39-37-21-14-15-22-38(37)44(50(39)41)31-46(52)48(51(40)45)33-17-10-8-11-18-33;1-3-2;1-2/h8-29,31H,30H2,1-7H3;3H2,1-2H3;1-2H3. The lowest BCUT2D eigenvalue weighted by atomic mass is 9.77. The van der Waals surface area contributed by atoms with E-state index in [1.165, 1.54) is 123 Å². The number of hydrogen-bond donors (Lipinski definition) is 0. The third-order valence-corrected chi connectivity index (χ3v) is 12.4. The van der Waals surface area contributed by atoms with Gasteiger partial charge in [-0.2, -0.15) is 0 Å². The van der Waals surface area contributed by atoms with Crippen LogP contribution in [0.3, 0.4) is 0 Å². The van der Waals surface area contributed by atoms with Gasteiger partial charge < -0.3 is 0 Å². The molecule has 0 fully saturated rings. The second kappa shape index (κ2) is 15.5. The number of hydrogen-bond acceptors (Lipinski definition) is 0. The van der Waals surface area contributed by atoms with Crippen LogP contribution in [0.15, 0.2) is 140 Å². The average Bonchev–Trinajstić information content (AvgIpc) is 3.78. The van der Waals surface area contributed by atoms with Crippen LogP contribution in [0.1, 0.15) is 103 Å². The Morgan fingerprint density at radius 2 is 0.983 bits per heavy atom. The van der Waals surface area contributed by atoms with Crippen LogP contribution in [0.2, 0.25) is 0 Å². The topological polar surface area (TPSA) is 0 Å². The van der Waals surface area contributed by atoms with Gasteiger partial charge >= 0.3 is 0 Å². The molecule has 59 heavy (non-hydrogen) atoms. The van der Waals surface area contributed by atoms with Crippen LogP contribution < -0.4 is 0 Å². The number of rotatable bonds is 3. The van der Waals surface area contributed by atoms with Gasteiger partial charge in [-0.25, -0.2) is 0 Å². The summed E-state index contributed by atoms with van der Waals surface area (Å²) in [6.45, 7) is 24.7. The van der Waals surface area contributed by atoms with E-state index < -0.39 is 0 Å². The quantitative estimate of drug-likeness (QED) is 0.157. The molecule has 8 aromatic rings. The van der Waals surface area contributed by atoms with Crippen LogP contribution in [-0.2, 0) is 17.3 Å². The zero-order chi connectivity index (χ0) is 41.8. The van der Waals surface area contributed by atoms with Gasteiger partial charge in [-0.05, 0) is 146 Å². The van der Waals surface area contributed by atoms with Crippen LogP contribution in [0, 0.1) is 6.92 Å². The first-order chi connectivity index (χ1) is 28.4. The summed E-state index contributed by atoms with van der Waals surface area (Å²) in [5.41, 5.74) is 23.3. The van der Waals surface area contributed by atoms with E-state index in [9.17, 15) is 0 Å². The highest BCUT2D eigenvalue weighted by atomic mass is 14.4. The molecule has 0 amide bonds. The smallest absolute Gasteiger partial charge is 0.000398 e. The summed E-state index contributed by atoms with van der Waals surface area (Å²) >= 11 is 0. The van der Waals surface area contributed by atoms with E-state index in [0.29, 0.717) is 0 Å². The fourth-order valence-electron chi connectivity index (χ4n) is 9.78. The van der Waals surface area contributed by atoms with Gasteiger partial charge in [0.15, 0.2) is 0 Å². The molecule has 0 saturated heterocycles. The van der Waals surface area contributed by atoms with Gasteiger partial charge in [-0.1, -0.05) is 209 Å². The lowest BCUT2D eigenvalue weighted by Gasteiger charge is -2.28. The monoisotopic (exact) mass is 768 g/mol. The summed E-state index contributed by atoms with van der Waals surface area (Å²) in [4.78, 5) is 0. The Morgan fingerprint density at radius 1 is 0.424 bits per heavy atom. The third-order valence-electron chi connectivity index (χ3n) is 12.4. The van der Waals surface area contributed by atoms with E-state index in [-0.39, 0.29) is 10.8 Å². The maximum absolute atomic E-state index is 2.54. The molecular formula is C59H60.